The third-order valence-corrected chi connectivity index (χ3v) is 2.63. The van der Waals surface area contributed by atoms with Crippen molar-refractivity contribution >= 4 is 11.8 Å². The Balaban J connectivity index is 2.17. The highest BCUT2D eigenvalue weighted by molar-refractivity contribution is 8.00. The maximum Gasteiger partial charge on any atom is 0.446 e. The lowest BCUT2D eigenvalue weighted by atomic mass is 10.2. The Morgan fingerprint density at radius 1 is 1.00 bits per heavy atom. The van der Waals surface area contributed by atoms with E-state index in [0.717, 1.165) is 5.56 Å². The van der Waals surface area contributed by atoms with Crippen LogP contribution in [-0.4, -0.2) is 5.51 Å². The van der Waals surface area contributed by atoms with Crippen LogP contribution in [0.4, 0.5) is 13.2 Å². The summed E-state index contributed by atoms with van der Waals surface area (Å²) in [5.74, 6) is 0.642. The van der Waals surface area contributed by atoms with Crippen molar-refractivity contribution in [2.45, 2.75) is 10.4 Å². The second kappa shape index (κ2) is 4.25. The average Bonchev–Trinajstić information content (AvgIpc) is 2.69. The van der Waals surface area contributed by atoms with Crippen LogP contribution in [0.2, 0.25) is 0 Å². The van der Waals surface area contributed by atoms with Crippen LogP contribution in [0.25, 0.3) is 11.3 Å². The van der Waals surface area contributed by atoms with Gasteiger partial charge in [-0.05, 0) is 36.0 Å². The van der Waals surface area contributed by atoms with Crippen molar-refractivity contribution in [1.82, 2.24) is 0 Å². The van der Waals surface area contributed by atoms with E-state index < -0.39 is 5.51 Å². The monoisotopic (exact) mass is 244 g/mol. The molecule has 0 amide bonds. The highest BCUT2D eigenvalue weighted by atomic mass is 32.2. The summed E-state index contributed by atoms with van der Waals surface area (Å²) >= 11 is -0.124. The second-order valence-electron chi connectivity index (χ2n) is 3.05. The van der Waals surface area contributed by atoms with Gasteiger partial charge in [-0.15, -0.1) is 0 Å². The molecule has 2 rings (SSSR count). The number of halogens is 3. The molecule has 0 radical (unpaired) electrons. The van der Waals surface area contributed by atoms with Gasteiger partial charge in [0.2, 0.25) is 0 Å². The molecule has 0 N–H and O–H groups in total. The maximum absolute atomic E-state index is 12.1. The molecule has 0 fully saturated rings. The van der Waals surface area contributed by atoms with Crippen LogP contribution >= 0.6 is 11.8 Å². The van der Waals surface area contributed by atoms with Gasteiger partial charge < -0.3 is 4.42 Å². The van der Waals surface area contributed by atoms with Crippen molar-refractivity contribution in [3.8, 4) is 11.3 Å². The molecule has 0 spiro atoms. The molecule has 1 heterocycles. The molecule has 5 heteroatoms. The Morgan fingerprint density at radius 3 is 2.19 bits per heavy atom. The van der Waals surface area contributed by atoms with Crippen molar-refractivity contribution in [2.24, 2.45) is 0 Å². The zero-order valence-electron chi connectivity index (χ0n) is 7.99. The number of rotatable bonds is 2. The number of alkyl halides is 3. The quantitative estimate of drug-likeness (QED) is 0.718. The van der Waals surface area contributed by atoms with Crippen LogP contribution in [0.1, 0.15) is 0 Å². The van der Waals surface area contributed by atoms with E-state index >= 15 is 0 Å². The SMILES string of the molecule is FC(F)(F)Sc1ccc(-c2ccco2)cc1. The fourth-order valence-corrected chi connectivity index (χ4v) is 1.80. The van der Waals surface area contributed by atoms with Gasteiger partial charge in [-0.1, -0.05) is 12.1 Å². The van der Waals surface area contributed by atoms with Crippen LogP contribution < -0.4 is 0 Å². The minimum absolute atomic E-state index is 0.124. The van der Waals surface area contributed by atoms with Gasteiger partial charge in [0.15, 0.2) is 0 Å². The normalized spacial score (nSPS) is 11.7. The highest BCUT2D eigenvalue weighted by Gasteiger charge is 2.28. The van der Waals surface area contributed by atoms with E-state index in [-0.39, 0.29) is 16.7 Å². The molecular formula is C11H7F3OS. The van der Waals surface area contributed by atoms with Crippen LogP contribution in [0, 0.1) is 0 Å². The first-order valence-electron chi connectivity index (χ1n) is 4.44. The van der Waals surface area contributed by atoms with E-state index in [1.54, 1.807) is 24.3 Å². The molecule has 0 saturated heterocycles. The van der Waals surface area contributed by atoms with Crippen molar-refractivity contribution in [3.05, 3.63) is 42.7 Å². The standard InChI is InChI=1S/C11H7F3OS/c12-11(13,14)16-9-5-3-8(4-6-9)10-2-1-7-15-10/h1-7H. The zero-order chi connectivity index (χ0) is 11.6. The number of furan rings is 1. The van der Waals surface area contributed by atoms with Crippen LogP contribution in [0.5, 0.6) is 0 Å². The first-order valence-corrected chi connectivity index (χ1v) is 5.26. The lowest BCUT2D eigenvalue weighted by molar-refractivity contribution is -0.0328. The average molecular weight is 244 g/mol. The van der Waals surface area contributed by atoms with Gasteiger partial charge in [0, 0.05) is 10.5 Å². The van der Waals surface area contributed by atoms with Crippen LogP contribution in [0.3, 0.4) is 0 Å². The summed E-state index contributed by atoms with van der Waals surface area (Å²) < 4.78 is 41.3. The maximum atomic E-state index is 12.1. The molecule has 0 atom stereocenters. The number of benzene rings is 1. The molecule has 1 aromatic heterocycles. The fraction of sp³-hybridized carbons (Fsp3) is 0.0909. The van der Waals surface area contributed by atoms with Gasteiger partial charge in [0.05, 0.1) is 6.26 Å². The predicted octanol–water partition coefficient (Wildman–Crippen LogP) is 4.56. The lowest BCUT2D eigenvalue weighted by Gasteiger charge is -2.05. The third kappa shape index (κ3) is 2.82. The third-order valence-electron chi connectivity index (χ3n) is 1.89. The first-order chi connectivity index (χ1) is 7.54. The Kier molecular flexibility index (Phi) is 2.96. The van der Waals surface area contributed by atoms with Crippen molar-refractivity contribution in [2.75, 3.05) is 0 Å². The molecule has 0 bridgehead atoms. The van der Waals surface area contributed by atoms with Crippen LogP contribution in [-0.2, 0) is 0 Å². The largest absolute Gasteiger partial charge is 0.464 e. The van der Waals surface area contributed by atoms with Crippen molar-refractivity contribution in [3.63, 3.8) is 0 Å². The Labute approximate surface area is 94.3 Å². The molecule has 0 saturated carbocycles. The predicted molar refractivity (Wildman–Crippen MR) is 56.1 cm³/mol. The van der Waals surface area contributed by atoms with Gasteiger partial charge >= 0.3 is 5.51 Å². The minimum atomic E-state index is -4.24. The Morgan fingerprint density at radius 2 is 1.69 bits per heavy atom. The number of thioether (sulfide) groups is 1. The molecule has 16 heavy (non-hydrogen) atoms. The van der Waals surface area contributed by atoms with Gasteiger partial charge in [0.25, 0.3) is 0 Å². The van der Waals surface area contributed by atoms with E-state index in [1.165, 1.54) is 18.4 Å². The molecular weight excluding hydrogens is 237 g/mol. The smallest absolute Gasteiger partial charge is 0.446 e. The molecule has 0 aliphatic carbocycles. The van der Waals surface area contributed by atoms with E-state index in [1.807, 2.05) is 0 Å². The summed E-state index contributed by atoms with van der Waals surface area (Å²) in [6, 6.07) is 9.55. The number of hydrogen-bond acceptors (Lipinski definition) is 2. The summed E-state index contributed by atoms with van der Waals surface area (Å²) in [4.78, 5) is 0.169. The minimum Gasteiger partial charge on any atom is -0.464 e. The Bertz CT molecular complexity index is 445. The molecule has 0 aliphatic rings. The molecule has 0 aliphatic heterocycles. The molecule has 2 aromatic rings. The van der Waals surface area contributed by atoms with Gasteiger partial charge in [-0.3, -0.25) is 0 Å². The summed E-state index contributed by atoms with van der Waals surface area (Å²) in [6.45, 7) is 0. The summed E-state index contributed by atoms with van der Waals surface area (Å²) in [6.07, 6.45) is 1.52. The molecule has 1 nitrogen and oxygen atoms in total. The molecule has 0 unspecified atom stereocenters. The molecule has 1 aromatic carbocycles. The van der Waals surface area contributed by atoms with E-state index in [9.17, 15) is 13.2 Å². The van der Waals surface area contributed by atoms with Crippen molar-refractivity contribution in [1.29, 1.82) is 0 Å². The summed E-state index contributed by atoms with van der Waals surface area (Å²) in [5, 5.41) is 0. The first kappa shape index (κ1) is 11.1. The number of hydrogen-bond donors (Lipinski definition) is 0. The summed E-state index contributed by atoms with van der Waals surface area (Å²) in [5.41, 5.74) is -3.48. The van der Waals surface area contributed by atoms with E-state index in [2.05, 4.69) is 0 Å². The lowest BCUT2D eigenvalue weighted by Crippen LogP contribution is -1.98. The van der Waals surface area contributed by atoms with Gasteiger partial charge in [0.1, 0.15) is 5.76 Å². The highest BCUT2D eigenvalue weighted by Crippen LogP contribution is 2.37. The van der Waals surface area contributed by atoms with E-state index in [4.69, 9.17) is 4.42 Å². The zero-order valence-corrected chi connectivity index (χ0v) is 8.81. The van der Waals surface area contributed by atoms with Crippen LogP contribution in [0.15, 0.2) is 52.0 Å². The fourth-order valence-electron chi connectivity index (χ4n) is 1.26. The van der Waals surface area contributed by atoms with E-state index in [0.29, 0.717) is 5.76 Å². The molecule has 84 valence electrons. The Hall–Kier alpha value is -1.36. The van der Waals surface area contributed by atoms with Crippen molar-refractivity contribution < 1.29 is 17.6 Å². The topological polar surface area (TPSA) is 13.1 Å². The van der Waals surface area contributed by atoms with Gasteiger partial charge in [-0.2, -0.15) is 13.2 Å². The summed E-state index contributed by atoms with van der Waals surface area (Å²) in [7, 11) is 0. The van der Waals surface area contributed by atoms with Gasteiger partial charge in [-0.25, -0.2) is 0 Å². The second-order valence-corrected chi connectivity index (χ2v) is 4.19.